The van der Waals surface area contributed by atoms with E-state index in [4.69, 9.17) is 5.73 Å². The fourth-order valence-corrected chi connectivity index (χ4v) is 3.15. The van der Waals surface area contributed by atoms with E-state index < -0.39 is 0 Å². The molecule has 0 aromatic carbocycles. The van der Waals surface area contributed by atoms with Crippen molar-refractivity contribution in [3.05, 3.63) is 0 Å². The second-order valence-electron chi connectivity index (χ2n) is 7.42. The highest BCUT2D eigenvalue weighted by molar-refractivity contribution is 5.80. The van der Waals surface area contributed by atoms with Crippen LogP contribution in [0.3, 0.4) is 0 Å². The van der Waals surface area contributed by atoms with E-state index in [1.54, 1.807) is 0 Å². The van der Waals surface area contributed by atoms with Gasteiger partial charge in [0.25, 0.3) is 0 Å². The monoisotopic (exact) mass is 269 g/mol. The predicted octanol–water partition coefficient (Wildman–Crippen LogP) is 1.60. The number of rotatable bonds is 5. The lowest BCUT2D eigenvalue weighted by Gasteiger charge is -2.38. The number of nitrogens with one attached hydrogen (secondary N) is 1. The van der Waals surface area contributed by atoms with Gasteiger partial charge in [-0.3, -0.25) is 4.79 Å². The van der Waals surface area contributed by atoms with Gasteiger partial charge in [0, 0.05) is 18.6 Å². The molecular formula is C15H31N3O. The van der Waals surface area contributed by atoms with Gasteiger partial charge in [0.2, 0.25) is 5.91 Å². The lowest BCUT2D eigenvalue weighted by atomic mass is 9.74. The number of carbonyl (C=O) groups excluding carboxylic acids is 1. The van der Waals surface area contributed by atoms with Crippen molar-refractivity contribution < 1.29 is 4.79 Å². The largest absolute Gasteiger partial charge is 0.355 e. The third-order valence-corrected chi connectivity index (χ3v) is 4.06. The predicted molar refractivity (Wildman–Crippen MR) is 79.9 cm³/mol. The average molecular weight is 269 g/mol. The van der Waals surface area contributed by atoms with E-state index in [1.165, 1.54) is 0 Å². The van der Waals surface area contributed by atoms with Crippen LogP contribution in [0.2, 0.25) is 0 Å². The van der Waals surface area contributed by atoms with Gasteiger partial charge < -0.3 is 16.0 Å². The van der Waals surface area contributed by atoms with Gasteiger partial charge >= 0.3 is 0 Å². The van der Waals surface area contributed by atoms with Crippen LogP contribution in [0.15, 0.2) is 0 Å². The molecule has 1 aliphatic carbocycles. The highest BCUT2D eigenvalue weighted by Crippen LogP contribution is 2.31. The van der Waals surface area contributed by atoms with E-state index in [0.29, 0.717) is 6.54 Å². The molecule has 0 aliphatic heterocycles. The quantitative estimate of drug-likeness (QED) is 0.797. The van der Waals surface area contributed by atoms with Gasteiger partial charge in [0.1, 0.15) is 0 Å². The number of nitrogens with zero attached hydrogens (tertiary/aromatic N) is 1. The molecule has 0 bridgehead atoms. The van der Waals surface area contributed by atoms with E-state index in [1.807, 2.05) is 6.92 Å². The first-order valence-electron chi connectivity index (χ1n) is 7.35. The van der Waals surface area contributed by atoms with Crippen LogP contribution in [0, 0.1) is 11.3 Å². The molecule has 0 spiro atoms. The normalized spacial score (nSPS) is 28.5. The van der Waals surface area contributed by atoms with Crippen LogP contribution in [0.1, 0.15) is 46.5 Å². The summed E-state index contributed by atoms with van der Waals surface area (Å²) >= 11 is 0. The summed E-state index contributed by atoms with van der Waals surface area (Å²) in [4.78, 5) is 14.5. The molecule has 3 N–H and O–H groups in total. The number of hydrogen-bond donors (Lipinski definition) is 2. The second kappa shape index (κ2) is 6.23. The maximum absolute atomic E-state index is 12.3. The first-order chi connectivity index (χ1) is 8.64. The molecule has 1 rings (SSSR count). The summed E-state index contributed by atoms with van der Waals surface area (Å²) in [7, 11) is 4.11. The minimum Gasteiger partial charge on any atom is -0.355 e. The molecule has 4 nitrogen and oxygen atoms in total. The molecule has 1 saturated carbocycles. The zero-order valence-corrected chi connectivity index (χ0v) is 13.3. The smallest absolute Gasteiger partial charge is 0.224 e. The van der Waals surface area contributed by atoms with Gasteiger partial charge in [-0.05, 0) is 39.3 Å². The number of nitrogens with two attached hydrogens (primary N) is 1. The Morgan fingerprint density at radius 2 is 2.05 bits per heavy atom. The molecule has 1 fully saturated rings. The second-order valence-corrected chi connectivity index (χ2v) is 7.42. The molecule has 2 atom stereocenters. The molecular weight excluding hydrogens is 238 g/mol. The molecule has 1 aliphatic rings. The van der Waals surface area contributed by atoms with Crippen LogP contribution >= 0.6 is 0 Å². The Kier molecular flexibility index (Phi) is 5.39. The zero-order valence-electron chi connectivity index (χ0n) is 13.3. The van der Waals surface area contributed by atoms with Gasteiger partial charge in [0.15, 0.2) is 0 Å². The summed E-state index contributed by atoms with van der Waals surface area (Å²) in [6, 6.07) is 0. The number of amides is 1. The molecule has 112 valence electrons. The SMILES string of the molecule is CN(C)CC(C)(C)CNC(=O)C1CCCCC1(C)N. The number of carbonyl (C=O) groups is 1. The minimum absolute atomic E-state index is 0.0311. The Morgan fingerprint density at radius 3 is 2.58 bits per heavy atom. The maximum atomic E-state index is 12.3. The molecule has 0 radical (unpaired) electrons. The van der Waals surface area contributed by atoms with Gasteiger partial charge in [-0.15, -0.1) is 0 Å². The first-order valence-corrected chi connectivity index (χ1v) is 7.35. The molecule has 19 heavy (non-hydrogen) atoms. The Morgan fingerprint density at radius 1 is 1.42 bits per heavy atom. The van der Waals surface area contributed by atoms with Gasteiger partial charge in [-0.1, -0.05) is 26.7 Å². The standard InChI is InChI=1S/C15H31N3O/c1-14(2,11-18(4)5)10-17-13(19)12-8-6-7-9-15(12,3)16/h12H,6-11,16H2,1-5H3,(H,17,19). The van der Waals surface area contributed by atoms with E-state index in [9.17, 15) is 4.79 Å². The first kappa shape index (κ1) is 16.4. The van der Waals surface area contributed by atoms with Crippen LogP contribution in [-0.4, -0.2) is 43.5 Å². The van der Waals surface area contributed by atoms with Crippen LogP contribution in [0.25, 0.3) is 0 Å². The van der Waals surface area contributed by atoms with Gasteiger partial charge in [-0.2, -0.15) is 0 Å². The van der Waals surface area contributed by atoms with Crippen LogP contribution in [0.4, 0.5) is 0 Å². The molecule has 1 amide bonds. The highest BCUT2D eigenvalue weighted by Gasteiger charge is 2.38. The summed E-state index contributed by atoms with van der Waals surface area (Å²) in [5.41, 5.74) is 6.02. The fourth-order valence-electron chi connectivity index (χ4n) is 3.15. The van der Waals surface area contributed by atoms with E-state index >= 15 is 0 Å². The molecule has 0 heterocycles. The fraction of sp³-hybridized carbons (Fsp3) is 0.933. The third kappa shape index (κ3) is 5.11. The highest BCUT2D eigenvalue weighted by atomic mass is 16.1. The maximum Gasteiger partial charge on any atom is 0.224 e. The Hall–Kier alpha value is -0.610. The molecule has 4 heteroatoms. The summed E-state index contributed by atoms with van der Waals surface area (Å²) in [6.07, 6.45) is 4.13. The zero-order chi connectivity index (χ0) is 14.7. The van der Waals surface area contributed by atoms with E-state index in [0.717, 1.165) is 32.2 Å². The van der Waals surface area contributed by atoms with Crippen LogP contribution < -0.4 is 11.1 Å². The molecule has 0 aromatic rings. The summed E-state index contributed by atoms with van der Waals surface area (Å²) in [6.45, 7) is 8.03. The van der Waals surface area contributed by atoms with Crippen molar-refractivity contribution in [1.29, 1.82) is 0 Å². The third-order valence-electron chi connectivity index (χ3n) is 4.06. The van der Waals surface area contributed by atoms with Gasteiger partial charge in [0.05, 0.1) is 5.92 Å². The summed E-state index contributed by atoms with van der Waals surface area (Å²) in [5, 5.41) is 3.11. The number of hydrogen-bond acceptors (Lipinski definition) is 3. The van der Waals surface area contributed by atoms with E-state index in [2.05, 4.69) is 38.2 Å². The average Bonchev–Trinajstić information content (AvgIpc) is 2.23. The van der Waals surface area contributed by atoms with Crippen molar-refractivity contribution in [3.8, 4) is 0 Å². The molecule has 0 aromatic heterocycles. The Balaban J connectivity index is 2.50. The van der Waals surface area contributed by atoms with Crippen molar-refractivity contribution in [2.45, 2.75) is 52.0 Å². The summed E-state index contributed by atoms with van der Waals surface area (Å²) in [5.74, 6) is 0.105. The van der Waals surface area contributed by atoms with Crippen molar-refractivity contribution in [1.82, 2.24) is 10.2 Å². The van der Waals surface area contributed by atoms with Crippen molar-refractivity contribution in [2.75, 3.05) is 27.2 Å². The van der Waals surface area contributed by atoms with Crippen molar-refractivity contribution >= 4 is 5.91 Å². The van der Waals surface area contributed by atoms with Crippen LogP contribution in [-0.2, 0) is 4.79 Å². The van der Waals surface area contributed by atoms with Crippen molar-refractivity contribution in [3.63, 3.8) is 0 Å². The Bertz CT molecular complexity index is 311. The lowest BCUT2D eigenvalue weighted by molar-refractivity contribution is -0.128. The molecule has 0 saturated heterocycles. The molecule has 2 unspecified atom stereocenters. The van der Waals surface area contributed by atoms with Crippen molar-refractivity contribution in [2.24, 2.45) is 17.1 Å². The minimum atomic E-state index is -0.339. The van der Waals surface area contributed by atoms with Gasteiger partial charge in [-0.25, -0.2) is 0 Å². The summed E-state index contributed by atoms with van der Waals surface area (Å²) < 4.78 is 0. The Labute approximate surface area is 118 Å². The van der Waals surface area contributed by atoms with Crippen LogP contribution in [0.5, 0.6) is 0 Å². The topological polar surface area (TPSA) is 58.4 Å². The lowest BCUT2D eigenvalue weighted by Crippen LogP contribution is -2.54. The van der Waals surface area contributed by atoms with E-state index in [-0.39, 0.29) is 22.8 Å².